The first-order valence-electron chi connectivity index (χ1n) is 12.7. The number of allylic oxidation sites excluding steroid dienone is 1. The normalized spacial score (nSPS) is 11.9. The fourth-order valence-corrected chi connectivity index (χ4v) is 4.29. The maximum absolute atomic E-state index is 14.7. The first-order chi connectivity index (χ1) is 19.4. The summed E-state index contributed by atoms with van der Waals surface area (Å²) in [7, 11) is 0. The van der Waals surface area contributed by atoms with E-state index in [9.17, 15) is 9.18 Å². The fraction of sp³-hybridized carbons (Fsp3) is 0.0909. The smallest absolute Gasteiger partial charge is 0.270 e. The molecule has 0 aliphatic carbocycles. The Balaban J connectivity index is 1.16. The van der Waals surface area contributed by atoms with Crippen molar-refractivity contribution in [3.05, 3.63) is 143 Å². The zero-order valence-electron chi connectivity index (χ0n) is 21.7. The van der Waals surface area contributed by atoms with Gasteiger partial charge in [-0.25, -0.2) is 9.07 Å². The molecule has 0 aliphatic rings. The van der Waals surface area contributed by atoms with Crippen LogP contribution in [0.2, 0.25) is 0 Å². The second kappa shape index (κ2) is 12.6. The Morgan fingerprint density at radius 3 is 2.40 bits per heavy atom. The number of carbonyl (C=O) groups is 1. The highest BCUT2D eigenvalue weighted by atomic mass is 79.9. The first kappa shape index (κ1) is 27.1. The lowest BCUT2D eigenvalue weighted by molar-refractivity contribution is 0.0953. The van der Waals surface area contributed by atoms with Crippen molar-refractivity contribution in [3.8, 4) is 22.6 Å². The predicted octanol–water partition coefficient (Wildman–Crippen LogP) is 8.52. The van der Waals surface area contributed by atoms with Crippen molar-refractivity contribution >= 4 is 27.9 Å². The Kier molecular flexibility index (Phi) is 8.52. The number of hydrogen-bond acceptors (Lipinski definition) is 4. The molecule has 1 heterocycles. The monoisotopic (exact) mass is 596 g/mol. The SMILES string of the molecule is C[C@@H](Oc1ccc(-c2ccccc2)c(F)c1)c1ccn(C(=O)/C=C/c2ccc(OCc3ccc(Br)cc3)cc2)n1. The molecule has 0 saturated carbocycles. The van der Waals surface area contributed by atoms with Crippen LogP contribution in [0.4, 0.5) is 4.39 Å². The van der Waals surface area contributed by atoms with Crippen LogP contribution in [-0.4, -0.2) is 15.7 Å². The van der Waals surface area contributed by atoms with Gasteiger partial charge in [0.05, 0.1) is 0 Å². The molecule has 200 valence electrons. The summed E-state index contributed by atoms with van der Waals surface area (Å²) < 4.78 is 28.7. The molecule has 0 fully saturated rings. The number of rotatable bonds is 9. The van der Waals surface area contributed by atoms with E-state index < -0.39 is 6.10 Å². The van der Waals surface area contributed by atoms with Crippen LogP contribution in [0.1, 0.15) is 34.6 Å². The second-order valence-electron chi connectivity index (χ2n) is 9.11. The summed E-state index contributed by atoms with van der Waals surface area (Å²) in [5.74, 6) is 0.458. The van der Waals surface area contributed by atoms with Crippen molar-refractivity contribution < 1.29 is 18.7 Å². The van der Waals surface area contributed by atoms with Gasteiger partial charge in [0.2, 0.25) is 0 Å². The first-order valence-corrected chi connectivity index (χ1v) is 13.5. The van der Waals surface area contributed by atoms with Crippen molar-refractivity contribution in [2.75, 3.05) is 0 Å². The van der Waals surface area contributed by atoms with Crippen LogP contribution in [0, 0.1) is 5.82 Å². The molecular weight excluding hydrogens is 571 g/mol. The van der Waals surface area contributed by atoms with Crippen LogP contribution in [0.5, 0.6) is 11.5 Å². The average Bonchev–Trinajstić information content (AvgIpc) is 3.48. The Morgan fingerprint density at radius 1 is 0.950 bits per heavy atom. The van der Waals surface area contributed by atoms with Gasteiger partial charge >= 0.3 is 0 Å². The van der Waals surface area contributed by atoms with Crippen molar-refractivity contribution in [2.45, 2.75) is 19.6 Å². The van der Waals surface area contributed by atoms with E-state index in [0.29, 0.717) is 23.6 Å². The number of aromatic nitrogens is 2. The van der Waals surface area contributed by atoms with Crippen molar-refractivity contribution in [2.24, 2.45) is 0 Å². The van der Waals surface area contributed by atoms with Gasteiger partial charge in [0, 0.05) is 28.4 Å². The van der Waals surface area contributed by atoms with Crippen molar-refractivity contribution in [3.63, 3.8) is 0 Å². The topological polar surface area (TPSA) is 53.4 Å². The highest BCUT2D eigenvalue weighted by molar-refractivity contribution is 9.10. The van der Waals surface area contributed by atoms with Crippen molar-refractivity contribution in [1.29, 1.82) is 0 Å². The summed E-state index contributed by atoms with van der Waals surface area (Å²) in [5.41, 5.74) is 3.79. The zero-order chi connectivity index (χ0) is 27.9. The average molecular weight is 597 g/mol. The van der Waals surface area contributed by atoms with Gasteiger partial charge in [-0.05, 0) is 72.2 Å². The number of benzene rings is 4. The number of halogens is 2. The van der Waals surface area contributed by atoms with E-state index in [0.717, 1.165) is 26.9 Å². The summed E-state index contributed by atoms with van der Waals surface area (Å²) in [5, 5.41) is 4.35. The number of hydrogen-bond donors (Lipinski definition) is 0. The zero-order valence-corrected chi connectivity index (χ0v) is 23.3. The minimum absolute atomic E-state index is 0.299. The Bertz CT molecular complexity index is 1610. The van der Waals surface area contributed by atoms with Crippen LogP contribution in [0.25, 0.3) is 17.2 Å². The summed E-state index contributed by atoms with van der Waals surface area (Å²) in [4.78, 5) is 12.7. The van der Waals surface area contributed by atoms with Crippen LogP contribution in [0.15, 0.2) is 120 Å². The second-order valence-corrected chi connectivity index (χ2v) is 10.0. The molecule has 0 aliphatic heterocycles. The lowest BCUT2D eigenvalue weighted by Gasteiger charge is -2.13. The van der Waals surface area contributed by atoms with E-state index >= 15 is 0 Å². The molecule has 0 unspecified atom stereocenters. The van der Waals surface area contributed by atoms with Crippen LogP contribution < -0.4 is 9.47 Å². The minimum atomic E-state index is -0.482. The summed E-state index contributed by atoms with van der Waals surface area (Å²) in [6.45, 7) is 2.27. The Hall–Kier alpha value is -4.49. The highest BCUT2D eigenvalue weighted by Gasteiger charge is 2.14. The van der Waals surface area contributed by atoms with Crippen LogP contribution >= 0.6 is 15.9 Å². The molecule has 5 rings (SSSR count). The summed E-state index contributed by atoms with van der Waals surface area (Å²) in [6, 6.07) is 31.3. The van der Waals surface area contributed by atoms with E-state index in [-0.39, 0.29) is 11.7 Å². The van der Waals surface area contributed by atoms with E-state index in [4.69, 9.17) is 9.47 Å². The van der Waals surface area contributed by atoms with E-state index in [1.807, 2.05) is 78.9 Å². The molecule has 5 aromatic rings. The number of ether oxygens (including phenoxy) is 2. The van der Waals surface area contributed by atoms with E-state index in [1.165, 1.54) is 16.8 Å². The largest absolute Gasteiger partial charge is 0.489 e. The van der Waals surface area contributed by atoms with Gasteiger partial charge in [-0.3, -0.25) is 4.79 Å². The number of carbonyl (C=O) groups excluding carboxylic acids is 1. The maximum Gasteiger partial charge on any atom is 0.270 e. The van der Waals surface area contributed by atoms with Gasteiger partial charge in [-0.1, -0.05) is 70.5 Å². The molecule has 0 saturated heterocycles. The molecule has 1 atom stereocenters. The van der Waals surface area contributed by atoms with Gasteiger partial charge in [-0.15, -0.1) is 0 Å². The number of nitrogens with zero attached hydrogens (tertiary/aromatic N) is 2. The van der Waals surface area contributed by atoms with Gasteiger partial charge in [0.15, 0.2) is 0 Å². The third-order valence-corrected chi connectivity index (χ3v) is 6.74. The predicted molar refractivity (Wildman–Crippen MR) is 158 cm³/mol. The third-order valence-electron chi connectivity index (χ3n) is 6.21. The summed E-state index contributed by atoms with van der Waals surface area (Å²) in [6.07, 6.45) is 4.28. The van der Waals surface area contributed by atoms with Gasteiger partial charge < -0.3 is 9.47 Å². The molecule has 0 spiro atoms. The lowest BCUT2D eigenvalue weighted by atomic mass is 10.1. The van der Waals surface area contributed by atoms with E-state index in [1.54, 1.807) is 37.4 Å². The summed E-state index contributed by atoms with van der Waals surface area (Å²) >= 11 is 3.43. The molecule has 0 N–H and O–H groups in total. The standard InChI is InChI=1S/C33H26BrFN2O3/c1-23(40-29-16-17-30(31(35)21-29)26-5-3-2-4-6-26)32-19-20-37(36-32)33(38)18-11-24-9-14-28(15-10-24)39-22-25-7-12-27(34)13-8-25/h2-21,23H,22H2,1H3/b18-11+/t23-/m1/s1. The third kappa shape index (κ3) is 6.93. The van der Waals surface area contributed by atoms with Gasteiger partial charge in [0.25, 0.3) is 5.91 Å². The Morgan fingerprint density at radius 2 is 1.68 bits per heavy atom. The molecule has 0 bridgehead atoms. The lowest BCUT2D eigenvalue weighted by Crippen LogP contribution is -2.10. The molecular formula is C33H26BrFN2O3. The molecule has 7 heteroatoms. The fourth-order valence-electron chi connectivity index (χ4n) is 4.03. The van der Waals surface area contributed by atoms with Gasteiger partial charge in [0.1, 0.15) is 35.7 Å². The molecule has 0 radical (unpaired) electrons. The molecule has 4 aromatic carbocycles. The minimum Gasteiger partial charge on any atom is -0.489 e. The quantitative estimate of drug-likeness (QED) is 0.160. The molecule has 5 nitrogen and oxygen atoms in total. The maximum atomic E-state index is 14.7. The molecule has 40 heavy (non-hydrogen) atoms. The van der Waals surface area contributed by atoms with Crippen LogP contribution in [-0.2, 0) is 6.61 Å². The van der Waals surface area contributed by atoms with Gasteiger partial charge in [-0.2, -0.15) is 5.10 Å². The van der Waals surface area contributed by atoms with Crippen LogP contribution in [0.3, 0.4) is 0 Å². The molecule has 0 amide bonds. The van der Waals surface area contributed by atoms with Crippen molar-refractivity contribution in [1.82, 2.24) is 9.78 Å². The Labute approximate surface area is 240 Å². The highest BCUT2D eigenvalue weighted by Crippen LogP contribution is 2.28. The van der Waals surface area contributed by atoms with E-state index in [2.05, 4.69) is 21.0 Å². The molecule has 1 aromatic heterocycles.